The first-order valence-electron chi connectivity index (χ1n) is 24.0. The number of allylic oxidation sites excluding steroid dienone is 8. The van der Waals surface area contributed by atoms with Crippen molar-refractivity contribution in [3.05, 3.63) is 48.6 Å². The molecule has 12 nitrogen and oxygen atoms in total. The number of unbranched alkanes of at least 4 members (excludes halogenated alkanes) is 20. The summed E-state index contributed by atoms with van der Waals surface area (Å²) in [6.07, 6.45) is 34.6. The van der Waals surface area contributed by atoms with Gasteiger partial charge in [0.05, 0.1) is 13.2 Å². The fourth-order valence-corrected chi connectivity index (χ4v) is 8.03. The van der Waals surface area contributed by atoms with Crippen molar-refractivity contribution >= 4 is 13.8 Å². The van der Waals surface area contributed by atoms with Crippen molar-refractivity contribution in [1.29, 1.82) is 0 Å². The lowest BCUT2D eigenvalue weighted by molar-refractivity contribution is -0.220. The van der Waals surface area contributed by atoms with Crippen molar-refractivity contribution < 1.29 is 58.3 Å². The van der Waals surface area contributed by atoms with Crippen LogP contribution in [0.5, 0.6) is 0 Å². The lowest BCUT2D eigenvalue weighted by Gasteiger charge is -2.41. The van der Waals surface area contributed by atoms with Gasteiger partial charge in [-0.2, -0.15) is 0 Å². The highest BCUT2D eigenvalue weighted by Crippen LogP contribution is 2.47. The molecule has 0 radical (unpaired) electrons. The molecule has 0 amide bonds. The van der Waals surface area contributed by atoms with Crippen LogP contribution >= 0.6 is 7.82 Å². The summed E-state index contributed by atoms with van der Waals surface area (Å²) in [5.41, 5.74) is 0. The number of phosphoric ester groups is 1. The molecule has 356 valence electrons. The van der Waals surface area contributed by atoms with E-state index in [2.05, 4.69) is 62.5 Å². The van der Waals surface area contributed by atoms with Crippen LogP contribution in [0.15, 0.2) is 48.6 Å². The molecular weight excluding hydrogens is 799 g/mol. The summed E-state index contributed by atoms with van der Waals surface area (Å²) in [4.78, 5) is 23.2. The molecule has 0 saturated heterocycles. The predicted molar refractivity (Wildman–Crippen MR) is 244 cm³/mol. The Labute approximate surface area is 369 Å². The van der Waals surface area contributed by atoms with Crippen LogP contribution in [0.2, 0.25) is 0 Å². The van der Waals surface area contributed by atoms with Gasteiger partial charge in [0, 0.05) is 13.0 Å². The molecule has 0 spiro atoms. The average Bonchev–Trinajstić information content (AvgIpc) is 3.24. The molecule has 6 unspecified atom stereocenters. The first-order chi connectivity index (χ1) is 29.5. The molecule has 1 aliphatic carbocycles. The van der Waals surface area contributed by atoms with E-state index in [9.17, 15) is 39.8 Å². The summed E-state index contributed by atoms with van der Waals surface area (Å²) < 4.78 is 34.2. The predicted octanol–water partition coefficient (Wildman–Crippen LogP) is 10.0. The minimum Gasteiger partial charge on any atom is -0.457 e. The van der Waals surface area contributed by atoms with Gasteiger partial charge in [0.15, 0.2) is 0 Å². The van der Waals surface area contributed by atoms with Gasteiger partial charge >= 0.3 is 13.8 Å². The van der Waals surface area contributed by atoms with Gasteiger partial charge in [-0.1, -0.05) is 152 Å². The third-order valence-electron chi connectivity index (χ3n) is 10.9. The highest BCUT2D eigenvalue weighted by atomic mass is 31.2. The van der Waals surface area contributed by atoms with E-state index in [1.54, 1.807) is 0 Å². The average molecular weight is 887 g/mol. The van der Waals surface area contributed by atoms with Gasteiger partial charge < -0.3 is 39.9 Å². The van der Waals surface area contributed by atoms with Crippen LogP contribution in [-0.4, -0.2) is 98.9 Å². The van der Waals surface area contributed by atoms with Crippen LogP contribution in [0.25, 0.3) is 0 Å². The molecule has 6 N–H and O–H groups in total. The van der Waals surface area contributed by atoms with E-state index in [1.165, 1.54) is 77.0 Å². The largest absolute Gasteiger partial charge is 0.472 e. The Kier molecular flexibility index (Phi) is 36.4. The third kappa shape index (κ3) is 30.9. The van der Waals surface area contributed by atoms with Crippen LogP contribution in [-0.2, 0) is 27.9 Å². The maximum Gasteiger partial charge on any atom is 0.472 e. The van der Waals surface area contributed by atoms with Gasteiger partial charge in [0.1, 0.15) is 42.7 Å². The second-order valence-electron chi connectivity index (χ2n) is 16.6. The Hall–Kier alpha value is -1.70. The Bertz CT molecular complexity index is 1190. The van der Waals surface area contributed by atoms with Crippen LogP contribution in [0, 0.1) is 0 Å². The monoisotopic (exact) mass is 887 g/mol. The van der Waals surface area contributed by atoms with E-state index in [4.69, 9.17) is 18.5 Å². The van der Waals surface area contributed by atoms with Gasteiger partial charge in [0.25, 0.3) is 0 Å². The Morgan fingerprint density at radius 3 is 1.44 bits per heavy atom. The van der Waals surface area contributed by atoms with E-state index in [0.29, 0.717) is 13.0 Å². The number of hydrogen-bond donors (Lipinski definition) is 6. The topological polar surface area (TPSA) is 192 Å². The number of aliphatic hydroxyl groups excluding tert-OH is 5. The second kappa shape index (κ2) is 38.7. The van der Waals surface area contributed by atoms with E-state index >= 15 is 0 Å². The number of aliphatic hydroxyl groups is 5. The van der Waals surface area contributed by atoms with Gasteiger partial charge in [0.2, 0.25) is 0 Å². The molecule has 0 aromatic carbocycles. The van der Waals surface area contributed by atoms with Crippen molar-refractivity contribution in [1.82, 2.24) is 0 Å². The molecule has 61 heavy (non-hydrogen) atoms. The summed E-state index contributed by atoms with van der Waals surface area (Å²) in [6, 6.07) is 0. The van der Waals surface area contributed by atoms with Crippen molar-refractivity contribution in [3.63, 3.8) is 0 Å². The number of hydrogen-bond acceptors (Lipinski definition) is 11. The van der Waals surface area contributed by atoms with E-state index in [0.717, 1.165) is 83.5 Å². The smallest absolute Gasteiger partial charge is 0.457 e. The molecule has 0 bridgehead atoms. The molecule has 6 atom stereocenters. The minimum absolute atomic E-state index is 0.0873. The zero-order valence-electron chi connectivity index (χ0n) is 38.0. The third-order valence-corrected chi connectivity index (χ3v) is 11.9. The summed E-state index contributed by atoms with van der Waals surface area (Å²) >= 11 is 0. The first kappa shape index (κ1) is 57.3. The molecule has 0 heterocycles. The van der Waals surface area contributed by atoms with Gasteiger partial charge in [-0.25, -0.2) is 4.57 Å². The molecule has 0 aromatic heterocycles. The Morgan fingerprint density at radius 2 is 0.918 bits per heavy atom. The summed E-state index contributed by atoms with van der Waals surface area (Å²) in [5.74, 6) is -0.493. The van der Waals surface area contributed by atoms with Crippen molar-refractivity contribution in [3.8, 4) is 0 Å². The fraction of sp³-hybridized carbons (Fsp3) is 0.812. The molecule has 0 aliphatic heterocycles. The maximum atomic E-state index is 12.8. The zero-order chi connectivity index (χ0) is 44.8. The fourth-order valence-electron chi connectivity index (χ4n) is 7.06. The lowest BCUT2D eigenvalue weighted by atomic mass is 9.85. The number of ether oxygens (including phenoxy) is 2. The van der Waals surface area contributed by atoms with Crippen LogP contribution < -0.4 is 0 Å². The van der Waals surface area contributed by atoms with Gasteiger partial charge in [-0.15, -0.1) is 0 Å². The molecule has 1 fully saturated rings. The molecule has 1 aliphatic rings. The number of carbonyl (C=O) groups excluding carboxylic acids is 1. The molecule has 13 heteroatoms. The van der Waals surface area contributed by atoms with Crippen LogP contribution in [0.1, 0.15) is 187 Å². The quantitative estimate of drug-likeness (QED) is 0.0148. The highest BCUT2D eigenvalue weighted by molar-refractivity contribution is 7.47. The molecular formula is C48H87O12P. The number of carbonyl (C=O) groups is 1. The normalized spacial score (nSPS) is 22.6. The van der Waals surface area contributed by atoms with E-state index < -0.39 is 63.1 Å². The number of phosphoric acid groups is 1. The van der Waals surface area contributed by atoms with Crippen LogP contribution in [0.4, 0.5) is 0 Å². The summed E-state index contributed by atoms with van der Waals surface area (Å²) in [6.45, 7) is 4.20. The highest BCUT2D eigenvalue weighted by Gasteiger charge is 2.51. The number of rotatable bonds is 40. The summed E-state index contributed by atoms with van der Waals surface area (Å²) in [5, 5.41) is 50.2. The first-order valence-corrected chi connectivity index (χ1v) is 25.5. The van der Waals surface area contributed by atoms with Gasteiger partial charge in [-0.05, 0) is 77.0 Å². The second-order valence-corrected chi connectivity index (χ2v) is 18.0. The standard InChI is InChI=1S/C48H87O12P/c1-3-5-7-9-11-13-15-17-18-19-20-21-22-23-24-25-27-29-31-33-35-37-42(49)59-41(39-57-38-36-34-32-30-28-26-16-14-12-10-8-6-4-2)40-58-61(55,56)60-48-46(53)44(51)43(50)45(52)47(48)54/h12,14-15,17,19-20,22-23,41,43-48,50-54H,3-11,13,16,18,21,24-40H2,1-2H3,(H,55,56)/b14-12-,17-15-,20-19-,23-22-. The zero-order valence-corrected chi connectivity index (χ0v) is 38.8. The van der Waals surface area contributed by atoms with Gasteiger partial charge in [-0.3, -0.25) is 13.8 Å². The lowest BCUT2D eigenvalue weighted by Crippen LogP contribution is -2.64. The maximum absolute atomic E-state index is 12.8. The summed E-state index contributed by atoms with van der Waals surface area (Å²) in [7, 11) is -5.02. The van der Waals surface area contributed by atoms with E-state index in [-0.39, 0.29) is 13.0 Å². The molecule has 1 rings (SSSR count). The number of esters is 1. The van der Waals surface area contributed by atoms with Crippen molar-refractivity contribution in [2.45, 2.75) is 230 Å². The Morgan fingerprint density at radius 1 is 0.525 bits per heavy atom. The molecule has 0 aromatic rings. The minimum atomic E-state index is -5.02. The van der Waals surface area contributed by atoms with Crippen LogP contribution in [0.3, 0.4) is 0 Å². The SMILES string of the molecule is CCCCC/C=C\CCCCCCCCOCC(COP(=O)(O)OC1C(O)C(O)C(O)C(O)C1O)OC(=O)CCCCCCCC/C=C\C/C=C\C/C=C\CCCCCCC. The Balaban J connectivity index is 2.38. The molecule has 1 saturated carbocycles. The van der Waals surface area contributed by atoms with Crippen molar-refractivity contribution in [2.75, 3.05) is 19.8 Å². The van der Waals surface area contributed by atoms with Crippen molar-refractivity contribution in [2.24, 2.45) is 0 Å². The van der Waals surface area contributed by atoms with E-state index in [1.807, 2.05) is 0 Å².